The number of aryl methyl sites for hydroxylation is 1. The van der Waals surface area contributed by atoms with Crippen LogP contribution in [0.25, 0.3) is 11.6 Å². The summed E-state index contributed by atoms with van der Waals surface area (Å²) < 4.78 is 10.4. The first kappa shape index (κ1) is 17.7. The molecule has 2 aliphatic rings. The first-order valence-corrected chi connectivity index (χ1v) is 9.38. The quantitative estimate of drug-likeness (QED) is 0.822. The predicted octanol–water partition coefficient (Wildman–Crippen LogP) is 0.685. The summed E-state index contributed by atoms with van der Waals surface area (Å²) in [5.41, 5.74) is 0. The number of likely N-dealkylation sites (tertiary alicyclic amines) is 1. The molecule has 27 heavy (non-hydrogen) atoms. The molecule has 9 nitrogen and oxygen atoms in total. The molecule has 4 heterocycles. The first-order valence-electron chi connectivity index (χ1n) is 9.38. The van der Waals surface area contributed by atoms with E-state index in [1.807, 2.05) is 4.90 Å². The first-order chi connectivity index (χ1) is 13.2. The minimum Gasteiger partial charge on any atom is -0.461 e. The molecular weight excluding hydrogens is 350 g/mol. The molecule has 2 aliphatic heterocycles. The van der Waals surface area contributed by atoms with Crippen LogP contribution >= 0.6 is 0 Å². The van der Waals surface area contributed by atoms with E-state index in [-0.39, 0.29) is 18.2 Å². The van der Waals surface area contributed by atoms with E-state index in [0.717, 1.165) is 25.9 Å². The fourth-order valence-corrected chi connectivity index (χ4v) is 3.59. The Morgan fingerprint density at radius 2 is 2.11 bits per heavy atom. The van der Waals surface area contributed by atoms with Crippen molar-refractivity contribution in [3.8, 4) is 11.6 Å². The molecule has 0 radical (unpaired) electrons. The van der Waals surface area contributed by atoms with Crippen LogP contribution in [0.3, 0.4) is 0 Å². The Labute approximate surface area is 156 Å². The highest BCUT2D eigenvalue weighted by Crippen LogP contribution is 2.18. The van der Waals surface area contributed by atoms with Crippen molar-refractivity contribution in [1.29, 1.82) is 0 Å². The average molecular weight is 373 g/mol. The van der Waals surface area contributed by atoms with Crippen LogP contribution in [0.4, 0.5) is 0 Å². The van der Waals surface area contributed by atoms with Crippen molar-refractivity contribution in [1.82, 2.24) is 25.3 Å². The summed E-state index contributed by atoms with van der Waals surface area (Å²) in [6.07, 6.45) is 4.17. The van der Waals surface area contributed by atoms with E-state index in [9.17, 15) is 9.59 Å². The van der Waals surface area contributed by atoms with Crippen LogP contribution in [0.5, 0.6) is 0 Å². The molecule has 2 aromatic heterocycles. The molecule has 0 aromatic carbocycles. The number of nitrogens with one attached hydrogen (secondary N) is 1. The van der Waals surface area contributed by atoms with Gasteiger partial charge in [0.15, 0.2) is 5.76 Å². The third kappa shape index (κ3) is 3.87. The molecular formula is C18H23N5O4. The fourth-order valence-electron chi connectivity index (χ4n) is 3.59. The van der Waals surface area contributed by atoms with Crippen LogP contribution in [0.1, 0.15) is 25.2 Å². The van der Waals surface area contributed by atoms with Gasteiger partial charge in [-0.2, -0.15) is 4.98 Å². The van der Waals surface area contributed by atoms with E-state index < -0.39 is 6.04 Å². The second kappa shape index (κ2) is 7.91. The molecule has 2 fully saturated rings. The van der Waals surface area contributed by atoms with Crippen LogP contribution in [0.2, 0.25) is 0 Å². The van der Waals surface area contributed by atoms with Crippen molar-refractivity contribution >= 4 is 11.8 Å². The summed E-state index contributed by atoms with van der Waals surface area (Å²) >= 11 is 0. The van der Waals surface area contributed by atoms with Crippen molar-refractivity contribution in [3.63, 3.8) is 0 Å². The smallest absolute Gasteiger partial charge is 0.246 e. The number of nitrogens with zero attached hydrogens (tertiary/aromatic N) is 4. The van der Waals surface area contributed by atoms with E-state index in [1.54, 1.807) is 17.0 Å². The Balaban J connectivity index is 1.36. The van der Waals surface area contributed by atoms with Gasteiger partial charge in [0.25, 0.3) is 0 Å². The zero-order chi connectivity index (χ0) is 18.6. The molecule has 1 unspecified atom stereocenters. The molecule has 2 amide bonds. The second-order valence-corrected chi connectivity index (χ2v) is 6.83. The summed E-state index contributed by atoms with van der Waals surface area (Å²) in [5.74, 6) is 1.26. The van der Waals surface area contributed by atoms with Crippen LogP contribution in [-0.2, 0) is 16.0 Å². The zero-order valence-corrected chi connectivity index (χ0v) is 15.1. The molecule has 0 saturated carbocycles. The fraction of sp³-hybridized carbons (Fsp3) is 0.556. The van der Waals surface area contributed by atoms with E-state index >= 15 is 0 Å². The van der Waals surface area contributed by atoms with Crippen molar-refractivity contribution in [2.75, 3.05) is 32.7 Å². The van der Waals surface area contributed by atoms with Gasteiger partial charge in [-0.05, 0) is 25.0 Å². The highest BCUT2D eigenvalue weighted by atomic mass is 16.5. The maximum absolute atomic E-state index is 12.8. The number of carbonyl (C=O) groups excluding carboxylic acids is 2. The van der Waals surface area contributed by atoms with E-state index in [2.05, 4.69) is 15.5 Å². The van der Waals surface area contributed by atoms with Gasteiger partial charge in [-0.25, -0.2) is 0 Å². The average Bonchev–Trinajstić information content (AvgIpc) is 3.47. The molecule has 144 valence electrons. The third-order valence-corrected chi connectivity index (χ3v) is 5.03. The highest BCUT2D eigenvalue weighted by Gasteiger charge is 2.35. The minimum atomic E-state index is -0.425. The van der Waals surface area contributed by atoms with Crippen molar-refractivity contribution in [2.45, 2.75) is 31.7 Å². The predicted molar refractivity (Wildman–Crippen MR) is 94.5 cm³/mol. The van der Waals surface area contributed by atoms with Crippen molar-refractivity contribution in [2.24, 2.45) is 0 Å². The molecule has 1 atom stereocenters. The van der Waals surface area contributed by atoms with Crippen LogP contribution in [0.15, 0.2) is 27.3 Å². The lowest BCUT2D eigenvalue weighted by Crippen LogP contribution is -2.59. The lowest BCUT2D eigenvalue weighted by atomic mass is 10.1. The summed E-state index contributed by atoms with van der Waals surface area (Å²) in [5, 5.41) is 7.09. The largest absolute Gasteiger partial charge is 0.461 e. The van der Waals surface area contributed by atoms with Crippen LogP contribution in [0, 0.1) is 0 Å². The summed E-state index contributed by atoms with van der Waals surface area (Å²) in [4.78, 5) is 33.3. The lowest BCUT2D eigenvalue weighted by molar-refractivity contribution is -0.146. The zero-order valence-electron chi connectivity index (χ0n) is 15.1. The Hall–Kier alpha value is -2.68. The minimum absolute atomic E-state index is 0.0472. The number of piperazine rings is 1. The highest BCUT2D eigenvalue weighted by molar-refractivity contribution is 5.88. The number of rotatable bonds is 5. The molecule has 1 N–H and O–H groups in total. The van der Waals surface area contributed by atoms with Crippen LogP contribution in [-0.4, -0.2) is 70.5 Å². The van der Waals surface area contributed by atoms with Crippen molar-refractivity contribution in [3.05, 3.63) is 24.3 Å². The second-order valence-electron chi connectivity index (χ2n) is 6.83. The summed E-state index contributed by atoms with van der Waals surface area (Å²) in [7, 11) is 0. The molecule has 9 heteroatoms. The Bertz CT molecular complexity index is 782. The van der Waals surface area contributed by atoms with Gasteiger partial charge in [-0.15, -0.1) is 0 Å². The monoisotopic (exact) mass is 373 g/mol. The van der Waals surface area contributed by atoms with Gasteiger partial charge in [0.1, 0.15) is 6.04 Å². The molecule has 2 saturated heterocycles. The maximum atomic E-state index is 12.8. The number of hydrogen-bond donors (Lipinski definition) is 1. The Morgan fingerprint density at radius 3 is 2.89 bits per heavy atom. The maximum Gasteiger partial charge on any atom is 0.246 e. The van der Waals surface area contributed by atoms with Gasteiger partial charge < -0.3 is 24.1 Å². The van der Waals surface area contributed by atoms with Crippen LogP contribution < -0.4 is 5.32 Å². The summed E-state index contributed by atoms with van der Waals surface area (Å²) in [6, 6.07) is 3.07. The Morgan fingerprint density at radius 1 is 1.26 bits per heavy atom. The van der Waals surface area contributed by atoms with Gasteiger partial charge in [0, 0.05) is 45.6 Å². The van der Waals surface area contributed by atoms with Gasteiger partial charge >= 0.3 is 0 Å². The number of hydrogen-bond acceptors (Lipinski definition) is 7. The molecule has 4 rings (SSSR count). The summed E-state index contributed by atoms with van der Waals surface area (Å²) in [6.45, 7) is 3.30. The van der Waals surface area contributed by atoms with E-state index in [0.29, 0.717) is 43.5 Å². The SMILES string of the molecule is O=C(C1CNCCN1C(=O)CCc1nc(-c2ccco2)no1)N1CCCC1. The van der Waals surface area contributed by atoms with Gasteiger partial charge in [-0.3, -0.25) is 9.59 Å². The number of carbonyl (C=O) groups is 2. The van der Waals surface area contributed by atoms with Gasteiger partial charge in [0.05, 0.1) is 6.26 Å². The van der Waals surface area contributed by atoms with Gasteiger partial charge in [0.2, 0.25) is 23.5 Å². The lowest BCUT2D eigenvalue weighted by Gasteiger charge is -2.37. The topological polar surface area (TPSA) is 105 Å². The molecule has 2 aromatic rings. The third-order valence-electron chi connectivity index (χ3n) is 5.03. The standard InChI is InChI=1S/C18H23N5O4/c24-16(6-5-15-20-17(21-27-15)14-4-3-11-26-14)23-10-7-19-12-13(23)18(25)22-8-1-2-9-22/h3-4,11,13,19H,1-2,5-10,12H2. The number of amides is 2. The van der Waals surface area contributed by atoms with Gasteiger partial charge in [-0.1, -0.05) is 5.16 Å². The molecule has 0 bridgehead atoms. The van der Waals surface area contributed by atoms with E-state index in [4.69, 9.17) is 8.94 Å². The molecule has 0 spiro atoms. The number of furan rings is 1. The normalized spacial score (nSPS) is 20.2. The number of aromatic nitrogens is 2. The Kier molecular flexibility index (Phi) is 5.19. The van der Waals surface area contributed by atoms with E-state index in [1.165, 1.54) is 6.26 Å². The molecule has 0 aliphatic carbocycles. The van der Waals surface area contributed by atoms with Crippen molar-refractivity contribution < 1.29 is 18.5 Å².